The van der Waals surface area contributed by atoms with E-state index >= 15 is 0 Å². The van der Waals surface area contributed by atoms with Crippen molar-refractivity contribution in [2.24, 2.45) is 5.11 Å². The molecule has 0 bridgehead atoms. The number of nitrogens with zero attached hydrogens (tertiary/aromatic N) is 4. The molecule has 0 aliphatic carbocycles. The topological polar surface area (TPSA) is 201 Å². The summed E-state index contributed by atoms with van der Waals surface area (Å²) in [7, 11) is 1.34. The Hall–Kier alpha value is -2.41. The Morgan fingerprint density at radius 1 is 0.792 bits per heavy atom. The predicted octanol–water partition coefficient (Wildman–Crippen LogP) is 1.53. The molecular formula is C30H54N6O11S. The lowest BCUT2D eigenvalue weighted by Crippen LogP contribution is -2.37. The van der Waals surface area contributed by atoms with Crippen LogP contribution in [0.5, 0.6) is 0 Å². The van der Waals surface area contributed by atoms with Crippen LogP contribution in [0.25, 0.3) is 10.4 Å². The molecule has 2 aliphatic rings. The first-order chi connectivity index (χ1) is 23.5. The quantitative estimate of drug-likeness (QED) is 0.0256. The molecule has 2 aliphatic heterocycles. The van der Waals surface area contributed by atoms with E-state index in [2.05, 4.69) is 25.4 Å². The number of rotatable bonds is 32. The van der Waals surface area contributed by atoms with Gasteiger partial charge in [0.1, 0.15) is 0 Å². The van der Waals surface area contributed by atoms with E-state index in [0.717, 1.165) is 25.0 Å². The zero-order chi connectivity index (χ0) is 34.5. The van der Waals surface area contributed by atoms with Crippen molar-refractivity contribution in [3.05, 3.63) is 10.4 Å². The minimum Gasteiger partial charge on any atom is -0.469 e. The zero-order valence-corrected chi connectivity index (χ0v) is 29.0. The first-order valence-corrected chi connectivity index (χ1v) is 17.7. The van der Waals surface area contributed by atoms with Crippen LogP contribution in [0.15, 0.2) is 5.11 Å². The Kier molecular flexibility index (Phi) is 24.7. The number of hydrogen-bond donors (Lipinski definition) is 2. The van der Waals surface area contributed by atoms with E-state index in [1.54, 1.807) is 4.90 Å². The normalized spacial score (nSPS) is 18.2. The molecule has 2 rings (SSSR count). The van der Waals surface area contributed by atoms with Crippen molar-refractivity contribution in [2.45, 2.75) is 49.4 Å². The van der Waals surface area contributed by atoms with Crippen molar-refractivity contribution in [3.63, 3.8) is 0 Å². The third-order valence-electron chi connectivity index (χ3n) is 7.37. The standard InChI is InChI=1S/C30H54N6O11S/c1-40-28(38)6-10-41-14-18-45-22-23-47-21-17-44-13-9-36(8-12-43-16-20-46-19-15-42-11-7-32-35-31)27(37)5-3-2-4-26-29-25(24-48-26)33-30(39)34-29/h25-26,29H,2-24H2,1H3,(H2,33,34,39)/t25-,26?,29-/m0/s1. The van der Waals surface area contributed by atoms with E-state index in [-0.39, 0.29) is 36.4 Å². The van der Waals surface area contributed by atoms with E-state index < -0.39 is 0 Å². The smallest absolute Gasteiger partial charge is 0.315 e. The van der Waals surface area contributed by atoms with Gasteiger partial charge in [-0.1, -0.05) is 11.5 Å². The molecule has 0 aromatic heterocycles. The summed E-state index contributed by atoms with van der Waals surface area (Å²) < 4.78 is 43.0. The van der Waals surface area contributed by atoms with Gasteiger partial charge in [-0.05, 0) is 18.4 Å². The van der Waals surface area contributed by atoms with E-state index in [1.165, 1.54) is 7.11 Å². The molecule has 2 fully saturated rings. The largest absolute Gasteiger partial charge is 0.469 e. The summed E-state index contributed by atoms with van der Waals surface area (Å²) in [6.45, 7) is 6.69. The van der Waals surface area contributed by atoms with Gasteiger partial charge in [-0.15, -0.1) is 0 Å². The highest BCUT2D eigenvalue weighted by molar-refractivity contribution is 8.00. The van der Waals surface area contributed by atoms with Crippen LogP contribution in [-0.2, 0) is 47.5 Å². The third kappa shape index (κ3) is 20.2. The number of thioether (sulfide) groups is 1. The summed E-state index contributed by atoms with van der Waals surface area (Å²) in [6.07, 6.45) is 3.32. The van der Waals surface area contributed by atoms with Gasteiger partial charge in [0.15, 0.2) is 0 Å². The van der Waals surface area contributed by atoms with Crippen molar-refractivity contribution in [1.29, 1.82) is 0 Å². The number of hydrogen-bond acceptors (Lipinski definition) is 13. The molecule has 0 saturated carbocycles. The highest BCUT2D eigenvalue weighted by atomic mass is 32.2. The fourth-order valence-corrected chi connectivity index (χ4v) is 6.39. The third-order valence-corrected chi connectivity index (χ3v) is 8.88. The van der Waals surface area contributed by atoms with Crippen molar-refractivity contribution in [1.82, 2.24) is 15.5 Å². The van der Waals surface area contributed by atoms with Gasteiger partial charge in [-0.2, -0.15) is 11.8 Å². The van der Waals surface area contributed by atoms with Crippen LogP contribution in [0.3, 0.4) is 0 Å². The average molecular weight is 707 g/mol. The molecule has 3 amide bonds. The van der Waals surface area contributed by atoms with E-state index in [1.807, 2.05) is 11.8 Å². The van der Waals surface area contributed by atoms with Crippen LogP contribution in [0.4, 0.5) is 4.79 Å². The fourth-order valence-electron chi connectivity index (χ4n) is 4.84. The Morgan fingerprint density at radius 3 is 1.90 bits per heavy atom. The summed E-state index contributed by atoms with van der Waals surface area (Å²) in [5, 5.41) is 9.75. The summed E-state index contributed by atoms with van der Waals surface area (Å²) in [6, 6.07) is 0.290. The number of methoxy groups -OCH3 is 1. The Bertz CT molecular complexity index is 934. The van der Waals surface area contributed by atoms with Gasteiger partial charge in [-0.25, -0.2) is 4.79 Å². The van der Waals surface area contributed by atoms with Gasteiger partial charge >= 0.3 is 12.0 Å². The van der Waals surface area contributed by atoms with Crippen molar-refractivity contribution >= 4 is 29.7 Å². The number of azide groups is 1. The van der Waals surface area contributed by atoms with Crippen LogP contribution < -0.4 is 10.6 Å². The lowest BCUT2D eigenvalue weighted by Gasteiger charge is -2.23. The van der Waals surface area contributed by atoms with E-state index in [0.29, 0.717) is 124 Å². The second kappa shape index (κ2) is 28.4. The summed E-state index contributed by atoms with van der Waals surface area (Å²) >= 11 is 1.88. The SMILES string of the molecule is COC(=O)CCOCCOCCOCCOCCN(CCOCCOCCOCCN=[N+]=[N-])C(=O)CCCCC1SC[C@@H]2NC(=O)N[C@H]12. The maximum atomic E-state index is 13.1. The van der Waals surface area contributed by atoms with Gasteiger partial charge in [0.05, 0.1) is 118 Å². The molecule has 0 aromatic carbocycles. The molecule has 3 atom stereocenters. The number of carbonyl (C=O) groups is 3. The molecule has 17 nitrogen and oxygen atoms in total. The number of esters is 1. The maximum absolute atomic E-state index is 13.1. The van der Waals surface area contributed by atoms with Gasteiger partial charge < -0.3 is 53.4 Å². The average Bonchev–Trinajstić information content (AvgIpc) is 3.64. The monoisotopic (exact) mass is 706 g/mol. The molecule has 2 saturated heterocycles. The van der Waals surface area contributed by atoms with E-state index in [9.17, 15) is 14.4 Å². The fraction of sp³-hybridized carbons (Fsp3) is 0.900. The number of carbonyl (C=O) groups excluding carboxylic acids is 3. The van der Waals surface area contributed by atoms with Gasteiger partial charge in [-0.3, -0.25) is 9.59 Å². The van der Waals surface area contributed by atoms with Gasteiger partial charge in [0.2, 0.25) is 5.91 Å². The second-order valence-electron chi connectivity index (χ2n) is 10.8. The summed E-state index contributed by atoms with van der Waals surface area (Å²) in [4.78, 5) is 40.2. The van der Waals surface area contributed by atoms with Crippen LogP contribution in [0, 0.1) is 0 Å². The molecule has 18 heteroatoms. The number of ether oxygens (including phenoxy) is 8. The van der Waals surface area contributed by atoms with Crippen LogP contribution in [0.1, 0.15) is 32.1 Å². The highest BCUT2D eigenvalue weighted by Gasteiger charge is 2.42. The number of unbranched alkanes of at least 4 members (excludes halogenated alkanes) is 1. The minimum absolute atomic E-state index is 0.0618. The lowest BCUT2D eigenvalue weighted by molar-refractivity contribution is -0.142. The first-order valence-electron chi connectivity index (χ1n) is 16.6. The van der Waals surface area contributed by atoms with Crippen molar-refractivity contribution < 1.29 is 52.3 Å². The molecule has 0 spiro atoms. The summed E-state index contributed by atoms with van der Waals surface area (Å²) in [5.41, 5.74) is 8.24. The number of nitrogens with one attached hydrogen (secondary N) is 2. The number of fused-ring (bicyclic) bond motifs is 1. The first kappa shape index (κ1) is 41.8. The molecule has 48 heavy (non-hydrogen) atoms. The lowest BCUT2D eigenvalue weighted by atomic mass is 10.0. The van der Waals surface area contributed by atoms with E-state index in [4.69, 9.17) is 38.7 Å². The predicted molar refractivity (Wildman–Crippen MR) is 177 cm³/mol. The van der Waals surface area contributed by atoms with Crippen LogP contribution >= 0.6 is 11.8 Å². The molecule has 2 N–H and O–H groups in total. The molecule has 0 radical (unpaired) electrons. The number of amides is 3. The van der Waals surface area contributed by atoms with Gasteiger partial charge in [0, 0.05) is 42.0 Å². The van der Waals surface area contributed by atoms with Gasteiger partial charge in [0.25, 0.3) is 0 Å². The van der Waals surface area contributed by atoms with Crippen LogP contribution in [0.2, 0.25) is 0 Å². The molecule has 0 aromatic rings. The van der Waals surface area contributed by atoms with Crippen molar-refractivity contribution in [3.8, 4) is 0 Å². The molecule has 276 valence electrons. The second-order valence-corrected chi connectivity index (χ2v) is 12.1. The molecule has 1 unspecified atom stereocenters. The summed E-state index contributed by atoms with van der Waals surface area (Å²) in [5.74, 6) is 0.681. The highest BCUT2D eigenvalue weighted by Crippen LogP contribution is 2.33. The van der Waals surface area contributed by atoms with Crippen LogP contribution in [-0.4, -0.2) is 165 Å². The maximum Gasteiger partial charge on any atom is 0.315 e. The Labute approximate surface area is 287 Å². The minimum atomic E-state index is -0.305. The molecular weight excluding hydrogens is 652 g/mol. The zero-order valence-electron chi connectivity index (χ0n) is 28.2. The number of urea groups is 1. The Morgan fingerprint density at radius 2 is 1.33 bits per heavy atom. The Balaban J connectivity index is 1.55. The van der Waals surface area contributed by atoms with Crippen molar-refractivity contribution in [2.75, 3.05) is 125 Å². The molecule has 2 heterocycles.